The second-order valence-corrected chi connectivity index (χ2v) is 9.57. The molecular weight excluding hydrogens is 356 g/mol. The van der Waals surface area contributed by atoms with Crippen LogP contribution in [-0.4, -0.2) is 65.6 Å². The largest absolute Gasteiger partial charge is 0.376 e. The summed E-state index contributed by atoms with van der Waals surface area (Å²) in [5, 5.41) is 4.10. The number of aryl methyl sites for hydroxylation is 1. The molecule has 4 heterocycles. The minimum Gasteiger partial charge on any atom is -0.376 e. The molecule has 0 spiro atoms. The van der Waals surface area contributed by atoms with Gasteiger partial charge in [-0.3, -0.25) is 0 Å². The molecule has 0 amide bonds. The average Bonchev–Trinajstić information content (AvgIpc) is 3.06. The maximum Gasteiger partial charge on any atom is 0.254 e. The third kappa shape index (κ3) is 2.76. The average molecular weight is 378 g/mol. The van der Waals surface area contributed by atoms with Crippen LogP contribution in [0.3, 0.4) is 0 Å². The van der Waals surface area contributed by atoms with Gasteiger partial charge in [0.05, 0.1) is 18.0 Å². The van der Waals surface area contributed by atoms with Crippen molar-refractivity contribution in [1.29, 1.82) is 0 Å². The molecule has 0 aromatic carbocycles. The second kappa shape index (κ2) is 5.86. The van der Waals surface area contributed by atoms with Crippen LogP contribution in [0.5, 0.6) is 0 Å². The first-order valence-electron chi connectivity index (χ1n) is 9.04. The summed E-state index contributed by atoms with van der Waals surface area (Å²) in [6, 6.07) is 2.01. The number of rotatable bonds is 5. The van der Waals surface area contributed by atoms with Gasteiger partial charge < -0.3 is 9.64 Å². The van der Waals surface area contributed by atoms with Crippen LogP contribution < -0.4 is 9.62 Å². The van der Waals surface area contributed by atoms with Crippen molar-refractivity contribution in [3.63, 3.8) is 0 Å². The predicted octanol–water partition coefficient (Wildman–Crippen LogP) is -0.0343. The summed E-state index contributed by atoms with van der Waals surface area (Å²) in [6.07, 6.45) is 3.20. The van der Waals surface area contributed by atoms with E-state index >= 15 is 0 Å². The van der Waals surface area contributed by atoms with Crippen molar-refractivity contribution >= 4 is 21.6 Å². The van der Waals surface area contributed by atoms with Gasteiger partial charge in [0, 0.05) is 43.2 Å². The normalized spacial score (nSPS) is 28.8. The van der Waals surface area contributed by atoms with Crippen LogP contribution in [0, 0.1) is 18.8 Å². The molecule has 9 nitrogen and oxygen atoms in total. The highest BCUT2D eigenvalue weighted by atomic mass is 32.2. The summed E-state index contributed by atoms with van der Waals surface area (Å²) < 4.78 is 34.7. The van der Waals surface area contributed by atoms with Crippen LogP contribution >= 0.6 is 0 Å². The number of aromatic nitrogens is 4. The van der Waals surface area contributed by atoms with Crippen molar-refractivity contribution in [3.05, 3.63) is 18.1 Å². The summed E-state index contributed by atoms with van der Waals surface area (Å²) >= 11 is 0. The molecule has 0 unspecified atom stereocenters. The first-order valence-corrected chi connectivity index (χ1v) is 10.6. The number of fused-ring (bicyclic) bond motifs is 2. The maximum atomic E-state index is 12.1. The van der Waals surface area contributed by atoms with E-state index in [9.17, 15) is 8.42 Å². The van der Waals surface area contributed by atoms with Crippen molar-refractivity contribution in [2.75, 3.05) is 31.1 Å². The number of sulfonamides is 1. The third-order valence-electron chi connectivity index (χ3n) is 5.63. The standard InChI is InChI=1S/C16H22N6O3S/c1-10-4-15(22-16(20-10)17-9-18-22)21-6-13-11(8-25-14(13)7-21)5-19-26(23,24)12-2-3-12/h4,9,11-14,19H,2-3,5-8H2,1H3/t11-,13-,14-/m1/s1. The Hall–Kier alpha value is -1.78. The summed E-state index contributed by atoms with van der Waals surface area (Å²) in [5.41, 5.74) is 0.896. The molecule has 1 saturated carbocycles. The SMILES string of the molecule is Cc1cc(N2C[C@@H]3[C@H](CNS(=O)(=O)C4CC4)CO[C@@H]3C2)n2ncnc2n1. The molecule has 3 atom stereocenters. The van der Waals surface area contributed by atoms with Gasteiger partial charge in [0.15, 0.2) is 0 Å². The molecule has 10 heteroatoms. The van der Waals surface area contributed by atoms with Crippen molar-refractivity contribution in [2.24, 2.45) is 11.8 Å². The fraction of sp³-hybridized carbons (Fsp3) is 0.688. The van der Waals surface area contributed by atoms with Crippen LogP contribution in [0.1, 0.15) is 18.5 Å². The van der Waals surface area contributed by atoms with Crippen molar-refractivity contribution < 1.29 is 13.2 Å². The molecule has 0 radical (unpaired) electrons. The number of nitrogens with zero attached hydrogens (tertiary/aromatic N) is 5. The lowest BCUT2D eigenvalue weighted by molar-refractivity contribution is 0.111. The van der Waals surface area contributed by atoms with E-state index < -0.39 is 10.0 Å². The number of nitrogens with one attached hydrogen (secondary N) is 1. The van der Waals surface area contributed by atoms with Crippen molar-refractivity contribution in [1.82, 2.24) is 24.3 Å². The monoisotopic (exact) mass is 378 g/mol. The Bertz CT molecular complexity index is 941. The summed E-state index contributed by atoms with van der Waals surface area (Å²) in [4.78, 5) is 10.8. The van der Waals surface area contributed by atoms with Gasteiger partial charge in [0.25, 0.3) is 5.78 Å². The van der Waals surface area contributed by atoms with Gasteiger partial charge in [-0.1, -0.05) is 0 Å². The van der Waals surface area contributed by atoms with Crippen molar-refractivity contribution in [3.8, 4) is 0 Å². The lowest BCUT2D eigenvalue weighted by Gasteiger charge is -2.22. The van der Waals surface area contributed by atoms with E-state index in [0.717, 1.165) is 37.4 Å². The molecule has 1 aliphatic carbocycles. The van der Waals surface area contributed by atoms with Crippen molar-refractivity contribution in [2.45, 2.75) is 31.1 Å². The lowest BCUT2D eigenvalue weighted by Crippen LogP contribution is -2.36. The topological polar surface area (TPSA) is 102 Å². The Morgan fingerprint density at radius 3 is 3.00 bits per heavy atom. The quantitative estimate of drug-likeness (QED) is 0.779. The van der Waals surface area contributed by atoms with Gasteiger partial charge in [-0.05, 0) is 19.8 Å². The van der Waals surface area contributed by atoms with E-state index in [2.05, 4.69) is 24.7 Å². The molecule has 5 rings (SSSR count). The summed E-state index contributed by atoms with van der Waals surface area (Å²) in [6.45, 7) is 4.61. The Morgan fingerprint density at radius 2 is 2.19 bits per heavy atom. The molecule has 2 aromatic rings. The highest BCUT2D eigenvalue weighted by Crippen LogP contribution is 2.36. The number of hydrogen-bond acceptors (Lipinski definition) is 7. The van der Waals surface area contributed by atoms with Gasteiger partial charge in [0.2, 0.25) is 10.0 Å². The van der Waals surface area contributed by atoms with Crippen LogP contribution in [0.2, 0.25) is 0 Å². The number of anilines is 1. The van der Waals surface area contributed by atoms with Gasteiger partial charge in [0.1, 0.15) is 12.1 Å². The smallest absolute Gasteiger partial charge is 0.254 e. The highest BCUT2D eigenvalue weighted by Gasteiger charge is 2.45. The number of ether oxygens (including phenoxy) is 1. The zero-order chi connectivity index (χ0) is 17.9. The predicted molar refractivity (Wildman–Crippen MR) is 94.4 cm³/mol. The first-order chi connectivity index (χ1) is 12.5. The van der Waals surface area contributed by atoms with Crippen LogP contribution in [0.15, 0.2) is 12.4 Å². The van der Waals surface area contributed by atoms with E-state index in [1.165, 1.54) is 6.33 Å². The molecule has 2 saturated heterocycles. The summed E-state index contributed by atoms with van der Waals surface area (Å²) in [7, 11) is -3.15. The highest BCUT2D eigenvalue weighted by molar-refractivity contribution is 7.90. The molecule has 26 heavy (non-hydrogen) atoms. The third-order valence-corrected chi connectivity index (χ3v) is 7.55. The summed E-state index contributed by atoms with van der Waals surface area (Å²) in [5.74, 6) is 2.06. The lowest BCUT2D eigenvalue weighted by atomic mass is 9.93. The van der Waals surface area contributed by atoms with E-state index in [4.69, 9.17) is 4.74 Å². The van der Waals surface area contributed by atoms with Crippen LogP contribution in [0.25, 0.3) is 5.78 Å². The van der Waals surface area contributed by atoms with Crippen LogP contribution in [0.4, 0.5) is 5.82 Å². The second-order valence-electron chi connectivity index (χ2n) is 7.52. The van der Waals surface area contributed by atoms with E-state index in [0.29, 0.717) is 24.8 Å². The minimum absolute atomic E-state index is 0.123. The van der Waals surface area contributed by atoms with E-state index in [1.807, 2.05) is 13.0 Å². The van der Waals surface area contributed by atoms with Gasteiger partial charge in [-0.25, -0.2) is 18.1 Å². The van der Waals surface area contributed by atoms with Gasteiger partial charge in [-0.15, -0.1) is 0 Å². The molecular formula is C16H22N6O3S. The molecule has 140 valence electrons. The van der Waals surface area contributed by atoms with E-state index in [1.54, 1.807) is 4.52 Å². The zero-order valence-electron chi connectivity index (χ0n) is 14.6. The van der Waals surface area contributed by atoms with E-state index in [-0.39, 0.29) is 17.3 Å². The van der Waals surface area contributed by atoms with Gasteiger partial charge >= 0.3 is 0 Å². The maximum absolute atomic E-state index is 12.1. The minimum atomic E-state index is -3.15. The first kappa shape index (κ1) is 16.4. The fourth-order valence-electron chi connectivity index (χ4n) is 4.05. The molecule has 2 aromatic heterocycles. The van der Waals surface area contributed by atoms with Crippen LogP contribution in [-0.2, 0) is 14.8 Å². The zero-order valence-corrected chi connectivity index (χ0v) is 15.4. The molecule has 3 fully saturated rings. The molecule has 3 aliphatic rings. The fourth-order valence-corrected chi connectivity index (χ4v) is 5.49. The molecule has 0 bridgehead atoms. The Balaban J connectivity index is 1.32. The Morgan fingerprint density at radius 1 is 1.35 bits per heavy atom. The van der Waals surface area contributed by atoms with Gasteiger partial charge in [-0.2, -0.15) is 14.6 Å². The molecule has 2 aliphatic heterocycles. The Kier molecular flexibility index (Phi) is 3.70. The Labute approximate surface area is 151 Å². The molecule has 1 N–H and O–H groups in total. The number of hydrogen-bond donors (Lipinski definition) is 1.